The zero-order valence-electron chi connectivity index (χ0n) is 12.0. The number of carboxylic acid groups (broad SMARTS) is 1. The molecule has 0 saturated carbocycles. The number of nitrogens with zero attached hydrogens (tertiary/aromatic N) is 1. The lowest BCUT2D eigenvalue weighted by Gasteiger charge is -2.35. The SMILES string of the molecule is CC(C)(C)NC(=O)C1Cc2ccccc2CN1C(=O)O. The summed E-state index contributed by atoms with van der Waals surface area (Å²) in [7, 11) is 0. The van der Waals surface area contributed by atoms with Gasteiger partial charge in [0, 0.05) is 12.0 Å². The number of carbonyl (C=O) groups is 2. The van der Waals surface area contributed by atoms with E-state index in [1.54, 1.807) is 0 Å². The number of hydrogen-bond donors (Lipinski definition) is 2. The quantitative estimate of drug-likeness (QED) is 0.824. The summed E-state index contributed by atoms with van der Waals surface area (Å²) in [6.45, 7) is 5.90. The highest BCUT2D eigenvalue weighted by Crippen LogP contribution is 2.23. The minimum absolute atomic E-state index is 0.241. The minimum atomic E-state index is -1.06. The van der Waals surface area contributed by atoms with E-state index in [4.69, 9.17) is 0 Å². The van der Waals surface area contributed by atoms with Gasteiger partial charge in [-0.2, -0.15) is 0 Å². The third kappa shape index (κ3) is 3.10. The first kappa shape index (κ1) is 14.4. The standard InChI is InChI=1S/C15H20N2O3/c1-15(2,3)16-13(18)12-8-10-6-4-5-7-11(10)9-17(12)14(19)20/h4-7,12H,8-9H2,1-3H3,(H,16,18)(H,19,20). The smallest absolute Gasteiger partial charge is 0.408 e. The molecule has 0 spiro atoms. The number of carbonyl (C=O) groups excluding carboxylic acids is 1. The maximum absolute atomic E-state index is 12.3. The van der Waals surface area contributed by atoms with Gasteiger partial charge in [-0.3, -0.25) is 9.69 Å². The molecule has 2 amide bonds. The highest BCUT2D eigenvalue weighted by atomic mass is 16.4. The normalized spacial score (nSPS) is 18.4. The van der Waals surface area contributed by atoms with Crippen LogP contribution >= 0.6 is 0 Å². The number of benzene rings is 1. The van der Waals surface area contributed by atoms with Crippen molar-refractivity contribution in [2.45, 2.75) is 45.3 Å². The second-order valence-electron chi connectivity index (χ2n) is 6.14. The van der Waals surface area contributed by atoms with Crippen molar-refractivity contribution in [3.63, 3.8) is 0 Å². The van der Waals surface area contributed by atoms with Crippen molar-refractivity contribution in [2.75, 3.05) is 0 Å². The fraction of sp³-hybridized carbons (Fsp3) is 0.467. The van der Waals surface area contributed by atoms with Crippen LogP contribution in [0.1, 0.15) is 31.9 Å². The summed E-state index contributed by atoms with van der Waals surface area (Å²) in [6.07, 6.45) is -0.640. The summed E-state index contributed by atoms with van der Waals surface area (Å²) in [5.41, 5.74) is 1.63. The van der Waals surface area contributed by atoms with E-state index in [9.17, 15) is 14.7 Å². The van der Waals surface area contributed by atoms with E-state index in [-0.39, 0.29) is 18.0 Å². The van der Waals surface area contributed by atoms with Crippen LogP contribution in [0.2, 0.25) is 0 Å². The zero-order chi connectivity index (χ0) is 14.9. The first-order chi connectivity index (χ1) is 9.28. The molecule has 108 valence electrons. The van der Waals surface area contributed by atoms with Crippen LogP contribution in [0.5, 0.6) is 0 Å². The van der Waals surface area contributed by atoms with Crippen LogP contribution in [0, 0.1) is 0 Å². The van der Waals surface area contributed by atoms with Gasteiger partial charge in [-0.25, -0.2) is 4.79 Å². The van der Waals surface area contributed by atoms with Gasteiger partial charge in [0.15, 0.2) is 0 Å². The van der Waals surface area contributed by atoms with E-state index in [0.717, 1.165) is 11.1 Å². The topological polar surface area (TPSA) is 69.6 Å². The molecule has 0 bridgehead atoms. The minimum Gasteiger partial charge on any atom is -0.465 e. The Morgan fingerprint density at radius 2 is 1.85 bits per heavy atom. The van der Waals surface area contributed by atoms with Gasteiger partial charge in [0.2, 0.25) is 5.91 Å². The monoisotopic (exact) mass is 276 g/mol. The summed E-state index contributed by atoms with van der Waals surface area (Å²) in [4.78, 5) is 24.9. The van der Waals surface area contributed by atoms with Crippen LogP contribution in [0.3, 0.4) is 0 Å². The number of fused-ring (bicyclic) bond motifs is 1. The number of amides is 2. The third-order valence-electron chi connectivity index (χ3n) is 3.30. The molecule has 0 aromatic heterocycles. The van der Waals surface area contributed by atoms with E-state index in [2.05, 4.69) is 5.32 Å². The predicted octanol–water partition coefficient (Wildman–Crippen LogP) is 2.01. The van der Waals surface area contributed by atoms with Gasteiger partial charge in [-0.15, -0.1) is 0 Å². The summed E-state index contributed by atoms with van der Waals surface area (Å²) < 4.78 is 0. The molecule has 1 atom stereocenters. The molecule has 0 radical (unpaired) electrons. The summed E-state index contributed by atoms with van der Waals surface area (Å²) in [6, 6.07) is 6.99. The summed E-state index contributed by atoms with van der Waals surface area (Å²) in [5, 5.41) is 12.2. The first-order valence-corrected chi connectivity index (χ1v) is 6.66. The predicted molar refractivity (Wildman–Crippen MR) is 75.4 cm³/mol. The highest BCUT2D eigenvalue weighted by molar-refractivity contribution is 5.86. The molecule has 1 aromatic rings. The summed E-state index contributed by atoms with van der Waals surface area (Å²) >= 11 is 0. The molecule has 1 aromatic carbocycles. The van der Waals surface area contributed by atoms with Crippen LogP contribution in [0.4, 0.5) is 4.79 Å². The van der Waals surface area contributed by atoms with Crippen molar-refractivity contribution < 1.29 is 14.7 Å². The van der Waals surface area contributed by atoms with Gasteiger partial charge in [0.25, 0.3) is 0 Å². The second-order valence-corrected chi connectivity index (χ2v) is 6.14. The molecule has 0 aliphatic carbocycles. The Balaban J connectivity index is 2.27. The Morgan fingerprint density at radius 1 is 1.25 bits per heavy atom. The van der Waals surface area contributed by atoms with Gasteiger partial charge in [-0.05, 0) is 31.9 Å². The first-order valence-electron chi connectivity index (χ1n) is 6.66. The maximum atomic E-state index is 12.3. The van der Waals surface area contributed by atoms with Crippen LogP contribution in [-0.4, -0.2) is 33.6 Å². The Hall–Kier alpha value is -2.04. The molecule has 1 aliphatic heterocycles. The Labute approximate surface area is 118 Å². The fourth-order valence-corrected chi connectivity index (χ4v) is 2.41. The molecule has 1 heterocycles. The molecule has 1 unspecified atom stereocenters. The molecule has 2 N–H and O–H groups in total. The molecule has 1 aliphatic rings. The molecule has 5 heteroatoms. The lowest BCUT2D eigenvalue weighted by atomic mass is 9.93. The largest absolute Gasteiger partial charge is 0.465 e. The number of nitrogens with one attached hydrogen (secondary N) is 1. The van der Waals surface area contributed by atoms with E-state index in [1.165, 1.54) is 4.90 Å². The van der Waals surface area contributed by atoms with Crippen LogP contribution in [0.15, 0.2) is 24.3 Å². The number of hydrogen-bond acceptors (Lipinski definition) is 2. The Morgan fingerprint density at radius 3 is 2.40 bits per heavy atom. The van der Waals surface area contributed by atoms with Crippen LogP contribution < -0.4 is 5.32 Å². The van der Waals surface area contributed by atoms with Gasteiger partial charge in [0.1, 0.15) is 6.04 Å². The molecular formula is C15H20N2O3. The van der Waals surface area contributed by atoms with Crippen molar-refractivity contribution in [2.24, 2.45) is 0 Å². The van der Waals surface area contributed by atoms with Crippen molar-refractivity contribution in [3.05, 3.63) is 35.4 Å². The third-order valence-corrected chi connectivity index (χ3v) is 3.30. The van der Waals surface area contributed by atoms with Crippen LogP contribution in [0.25, 0.3) is 0 Å². The average molecular weight is 276 g/mol. The van der Waals surface area contributed by atoms with Gasteiger partial charge in [0.05, 0.1) is 6.54 Å². The van der Waals surface area contributed by atoms with Crippen molar-refractivity contribution >= 4 is 12.0 Å². The molecule has 0 saturated heterocycles. The van der Waals surface area contributed by atoms with Gasteiger partial charge < -0.3 is 10.4 Å². The molecule has 2 rings (SSSR count). The Kier molecular flexibility index (Phi) is 3.70. The molecule has 5 nitrogen and oxygen atoms in total. The molecular weight excluding hydrogens is 256 g/mol. The van der Waals surface area contributed by atoms with E-state index >= 15 is 0 Å². The molecule has 20 heavy (non-hydrogen) atoms. The second kappa shape index (κ2) is 5.15. The molecule has 0 fully saturated rings. The fourth-order valence-electron chi connectivity index (χ4n) is 2.41. The van der Waals surface area contributed by atoms with Crippen LogP contribution in [-0.2, 0) is 17.8 Å². The van der Waals surface area contributed by atoms with E-state index in [1.807, 2.05) is 45.0 Å². The van der Waals surface area contributed by atoms with Gasteiger partial charge >= 0.3 is 6.09 Å². The van der Waals surface area contributed by atoms with Crippen molar-refractivity contribution in [3.8, 4) is 0 Å². The van der Waals surface area contributed by atoms with Gasteiger partial charge in [-0.1, -0.05) is 24.3 Å². The lowest BCUT2D eigenvalue weighted by Crippen LogP contribution is -2.55. The maximum Gasteiger partial charge on any atom is 0.408 e. The van der Waals surface area contributed by atoms with Crippen molar-refractivity contribution in [1.29, 1.82) is 0 Å². The summed E-state index contributed by atoms with van der Waals surface area (Å²) in [5.74, 6) is -0.241. The number of rotatable bonds is 1. The zero-order valence-corrected chi connectivity index (χ0v) is 12.0. The average Bonchev–Trinajstić information content (AvgIpc) is 2.35. The van der Waals surface area contributed by atoms with E-state index in [0.29, 0.717) is 6.42 Å². The lowest BCUT2D eigenvalue weighted by molar-refractivity contribution is -0.127. The highest BCUT2D eigenvalue weighted by Gasteiger charge is 2.35. The Bertz CT molecular complexity index is 534. The van der Waals surface area contributed by atoms with Crippen molar-refractivity contribution in [1.82, 2.24) is 10.2 Å². The van der Waals surface area contributed by atoms with E-state index < -0.39 is 12.1 Å².